The first-order valence-electron chi connectivity index (χ1n) is 12.5. The average Bonchev–Trinajstić information content (AvgIpc) is 3.05. The van der Waals surface area contributed by atoms with E-state index in [1.807, 2.05) is 6.08 Å². The third-order valence-electron chi connectivity index (χ3n) is 10.3. The van der Waals surface area contributed by atoms with Crippen molar-refractivity contribution in [2.24, 2.45) is 46.3 Å². The molecule has 0 aromatic rings. The number of allylic oxidation sites excluding steroid dienone is 1. The molecule has 4 aliphatic rings. The smallest absolute Gasteiger partial charge is 0.155 e. The van der Waals surface area contributed by atoms with E-state index in [0.717, 1.165) is 55.1 Å². The standard InChI is InChI=1S/C27H42O2/c1-18(17-28)6-5-7-19(2)23-10-11-24-22-9-8-20-16-21(29)12-14-26(20,3)25(22)13-15-27(23,24)4/h16-19,22-25H,5-15H2,1-4H3/t18-,19+,22-,23+,24-,25-,26-,27+/m0/s1. The lowest BCUT2D eigenvalue weighted by Crippen LogP contribution is -2.50. The first-order chi connectivity index (χ1) is 13.8. The lowest BCUT2D eigenvalue weighted by Gasteiger charge is -2.58. The summed E-state index contributed by atoms with van der Waals surface area (Å²) in [4.78, 5) is 23.0. The topological polar surface area (TPSA) is 34.1 Å². The van der Waals surface area contributed by atoms with Gasteiger partial charge in [-0.15, -0.1) is 0 Å². The molecule has 0 saturated heterocycles. The average molecular weight is 399 g/mol. The summed E-state index contributed by atoms with van der Waals surface area (Å²) in [5.41, 5.74) is 2.30. The van der Waals surface area contributed by atoms with Crippen molar-refractivity contribution in [1.29, 1.82) is 0 Å². The van der Waals surface area contributed by atoms with Gasteiger partial charge in [0, 0.05) is 12.3 Å². The summed E-state index contributed by atoms with van der Waals surface area (Å²) in [6, 6.07) is 0. The van der Waals surface area contributed by atoms with Crippen LogP contribution in [0.1, 0.15) is 98.3 Å². The van der Waals surface area contributed by atoms with E-state index >= 15 is 0 Å². The number of hydrogen-bond acceptors (Lipinski definition) is 2. The van der Waals surface area contributed by atoms with Crippen LogP contribution >= 0.6 is 0 Å². The minimum atomic E-state index is 0.220. The lowest BCUT2D eigenvalue weighted by molar-refractivity contribution is -0.117. The molecular weight excluding hydrogens is 356 g/mol. The highest BCUT2D eigenvalue weighted by atomic mass is 16.1. The Kier molecular flexibility index (Phi) is 5.86. The van der Waals surface area contributed by atoms with E-state index in [-0.39, 0.29) is 5.92 Å². The maximum Gasteiger partial charge on any atom is 0.155 e. The van der Waals surface area contributed by atoms with Gasteiger partial charge < -0.3 is 4.79 Å². The van der Waals surface area contributed by atoms with Crippen molar-refractivity contribution in [2.75, 3.05) is 0 Å². The molecule has 0 aromatic carbocycles. The van der Waals surface area contributed by atoms with Crippen molar-refractivity contribution in [2.45, 2.75) is 98.3 Å². The van der Waals surface area contributed by atoms with Crippen LogP contribution in [0.15, 0.2) is 11.6 Å². The molecule has 4 aliphatic carbocycles. The molecule has 3 fully saturated rings. The first-order valence-corrected chi connectivity index (χ1v) is 12.5. The predicted octanol–water partition coefficient (Wildman–Crippen LogP) is 6.78. The van der Waals surface area contributed by atoms with Gasteiger partial charge in [-0.25, -0.2) is 0 Å². The van der Waals surface area contributed by atoms with Gasteiger partial charge in [-0.2, -0.15) is 0 Å². The second-order valence-corrected chi connectivity index (χ2v) is 11.7. The van der Waals surface area contributed by atoms with Gasteiger partial charge in [0.1, 0.15) is 6.29 Å². The first kappa shape index (κ1) is 21.3. The molecule has 0 unspecified atom stereocenters. The third-order valence-corrected chi connectivity index (χ3v) is 10.3. The van der Waals surface area contributed by atoms with Crippen LogP contribution in [-0.2, 0) is 9.59 Å². The quantitative estimate of drug-likeness (QED) is 0.462. The molecule has 0 bridgehead atoms. The second kappa shape index (κ2) is 7.97. The van der Waals surface area contributed by atoms with Crippen molar-refractivity contribution in [3.05, 3.63) is 11.6 Å². The van der Waals surface area contributed by atoms with Gasteiger partial charge >= 0.3 is 0 Å². The van der Waals surface area contributed by atoms with E-state index in [1.54, 1.807) is 0 Å². The summed E-state index contributed by atoms with van der Waals surface area (Å²) >= 11 is 0. The second-order valence-electron chi connectivity index (χ2n) is 11.7. The lowest BCUT2D eigenvalue weighted by atomic mass is 9.46. The molecule has 0 heterocycles. The fraction of sp³-hybridized carbons (Fsp3) is 0.852. The SMILES string of the molecule is C[C@H](C=O)CCC[C@@H](C)[C@H]1CC[C@H]2[C@@H]3CCC4=CC(=O)CC[C@]4(C)[C@H]3CC[C@]12C. The van der Waals surface area contributed by atoms with Crippen molar-refractivity contribution in [3.63, 3.8) is 0 Å². The molecule has 162 valence electrons. The van der Waals surface area contributed by atoms with E-state index in [9.17, 15) is 9.59 Å². The molecule has 4 rings (SSSR count). The van der Waals surface area contributed by atoms with Gasteiger partial charge in [-0.3, -0.25) is 4.79 Å². The largest absolute Gasteiger partial charge is 0.303 e. The molecule has 0 radical (unpaired) electrons. The number of aldehydes is 1. The zero-order chi connectivity index (χ0) is 20.8. The summed E-state index contributed by atoms with van der Waals surface area (Å²) in [5, 5.41) is 0. The molecule has 29 heavy (non-hydrogen) atoms. The highest BCUT2D eigenvalue weighted by molar-refractivity contribution is 5.91. The summed E-state index contributed by atoms with van der Waals surface area (Å²) in [6.07, 6.45) is 16.6. The van der Waals surface area contributed by atoms with Crippen LogP contribution in [0.25, 0.3) is 0 Å². The Hall–Kier alpha value is -0.920. The molecule has 2 nitrogen and oxygen atoms in total. The van der Waals surface area contributed by atoms with Crippen LogP contribution < -0.4 is 0 Å². The van der Waals surface area contributed by atoms with Crippen LogP contribution in [0.3, 0.4) is 0 Å². The van der Waals surface area contributed by atoms with Gasteiger partial charge in [-0.05, 0) is 97.9 Å². The van der Waals surface area contributed by atoms with Crippen molar-refractivity contribution < 1.29 is 9.59 Å². The summed E-state index contributed by atoms with van der Waals surface area (Å²) < 4.78 is 0. The molecule has 0 aromatic heterocycles. The van der Waals surface area contributed by atoms with Crippen LogP contribution in [0.5, 0.6) is 0 Å². The Morgan fingerprint density at radius 2 is 1.83 bits per heavy atom. The summed E-state index contributed by atoms with van der Waals surface area (Å²) in [6.45, 7) is 9.67. The van der Waals surface area contributed by atoms with E-state index in [1.165, 1.54) is 56.9 Å². The van der Waals surface area contributed by atoms with Crippen LogP contribution in [0.2, 0.25) is 0 Å². The predicted molar refractivity (Wildman–Crippen MR) is 118 cm³/mol. The Labute approximate surface area is 178 Å². The van der Waals surface area contributed by atoms with Gasteiger partial charge in [0.2, 0.25) is 0 Å². The maximum absolute atomic E-state index is 12.0. The fourth-order valence-corrected chi connectivity index (χ4v) is 8.57. The van der Waals surface area contributed by atoms with Gasteiger partial charge in [0.25, 0.3) is 0 Å². The van der Waals surface area contributed by atoms with Crippen LogP contribution in [-0.4, -0.2) is 12.1 Å². The molecular formula is C27H42O2. The number of rotatable bonds is 6. The number of fused-ring (bicyclic) bond motifs is 5. The monoisotopic (exact) mass is 398 g/mol. The Morgan fingerprint density at radius 1 is 1.03 bits per heavy atom. The number of carbonyl (C=O) groups excluding carboxylic acids is 2. The minimum absolute atomic E-state index is 0.220. The highest BCUT2D eigenvalue weighted by Gasteiger charge is 2.59. The van der Waals surface area contributed by atoms with Crippen LogP contribution in [0, 0.1) is 46.3 Å². The zero-order valence-electron chi connectivity index (χ0n) is 19.2. The van der Waals surface area contributed by atoms with E-state index < -0.39 is 0 Å². The summed E-state index contributed by atoms with van der Waals surface area (Å²) in [7, 11) is 0. The molecule has 8 atom stereocenters. The zero-order valence-corrected chi connectivity index (χ0v) is 19.2. The molecule has 3 saturated carbocycles. The Morgan fingerprint density at radius 3 is 2.59 bits per heavy atom. The van der Waals surface area contributed by atoms with Crippen LogP contribution in [0.4, 0.5) is 0 Å². The molecule has 0 N–H and O–H groups in total. The van der Waals surface area contributed by atoms with Gasteiger partial charge in [0.05, 0.1) is 0 Å². The third kappa shape index (κ3) is 3.57. The van der Waals surface area contributed by atoms with E-state index in [4.69, 9.17) is 0 Å². The number of hydrogen-bond donors (Lipinski definition) is 0. The molecule has 0 spiro atoms. The molecule has 0 aliphatic heterocycles. The highest BCUT2D eigenvalue weighted by Crippen LogP contribution is 2.67. The minimum Gasteiger partial charge on any atom is -0.303 e. The fourth-order valence-electron chi connectivity index (χ4n) is 8.57. The molecule has 0 amide bonds. The summed E-state index contributed by atoms with van der Waals surface area (Å²) in [5.74, 6) is 4.79. The van der Waals surface area contributed by atoms with Crippen molar-refractivity contribution >= 4 is 12.1 Å². The normalized spacial score (nSPS) is 43.6. The molecule has 2 heteroatoms. The van der Waals surface area contributed by atoms with Gasteiger partial charge in [0.15, 0.2) is 5.78 Å². The van der Waals surface area contributed by atoms with Gasteiger partial charge in [-0.1, -0.05) is 46.1 Å². The Balaban J connectivity index is 1.47. The van der Waals surface area contributed by atoms with E-state index in [0.29, 0.717) is 16.6 Å². The maximum atomic E-state index is 12.0. The number of ketones is 1. The number of carbonyl (C=O) groups is 2. The van der Waals surface area contributed by atoms with Crippen molar-refractivity contribution in [3.8, 4) is 0 Å². The Bertz CT molecular complexity index is 678. The van der Waals surface area contributed by atoms with Crippen molar-refractivity contribution in [1.82, 2.24) is 0 Å². The van der Waals surface area contributed by atoms with E-state index in [2.05, 4.69) is 27.7 Å².